The van der Waals surface area contributed by atoms with E-state index >= 15 is 0 Å². The number of hydrogen-bond acceptors (Lipinski definition) is 2. The molecule has 1 aromatic rings. The van der Waals surface area contributed by atoms with E-state index in [2.05, 4.69) is 31.3 Å². The van der Waals surface area contributed by atoms with Crippen molar-refractivity contribution in [3.05, 3.63) is 24.3 Å². The van der Waals surface area contributed by atoms with Gasteiger partial charge < -0.3 is 11.1 Å². The van der Waals surface area contributed by atoms with Crippen LogP contribution in [0.1, 0.15) is 26.7 Å². The molecule has 0 bridgehead atoms. The van der Waals surface area contributed by atoms with Crippen molar-refractivity contribution >= 4 is 11.4 Å². The molecule has 2 rings (SSSR count). The summed E-state index contributed by atoms with van der Waals surface area (Å²) in [7, 11) is 0. The molecule has 1 fully saturated rings. The lowest BCUT2D eigenvalue weighted by molar-refractivity contribution is 0.435. The van der Waals surface area contributed by atoms with E-state index in [9.17, 15) is 0 Å². The SMILES string of the molecule is CC1CCC(Nc2ccc(N)cc2)C1C. The monoisotopic (exact) mass is 204 g/mol. The fourth-order valence-corrected chi connectivity index (χ4v) is 2.36. The number of anilines is 2. The van der Waals surface area contributed by atoms with Crippen LogP contribution in [0.4, 0.5) is 11.4 Å². The van der Waals surface area contributed by atoms with Gasteiger partial charge in [-0.25, -0.2) is 0 Å². The minimum Gasteiger partial charge on any atom is -0.399 e. The van der Waals surface area contributed by atoms with Crippen LogP contribution in [0.2, 0.25) is 0 Å². The van der Waals surface area contributed by atoms with Crippen LogP contribution < -0.4 is 11.1 Å². The van der Waals surface area contributed by atoms with E-state index in [0.29, 0.717) is 6.04 Å². The summed E-state index contributed by atoms with van der Waals surface area (Å²) in [6, 6.07) is 8.65. The van der Waals surface area contributed by atoms with Crippen LogP contribution in [0.25, 0.3) is 0 Å². The van der Waals surface area contributed by atoms with Gasteiger partial charge in [0.25, 0.3) is 0 Å². The molecule has 3 N–H and O–H groups in total. The van der Waals surface area contributed by atoms with Crippen molar-refractivity contribution < 1.29 is 0 Å². The standard InChI is InChI=1S/C13H20N2/c1-9-3-8-13(10(9)2)15-12-6-4-11(14)5-7-12/h4-7,9-10,13,15H,3,8,14H2,1-2H3. The fourth-order valence-electron chi connectivity index (χ4n) is 2.36. The Morgan fingerprint density at radius 1 is 1.13 bits per heavy atom. The van der Waals surface area contributed by atoms with Gasteiger partial charge in [0.1, 0.15) is 0 Å². The first kappa shape index (κ1) is 10.3. The Morgan fingerprint density at radius 2 is 1.80 bits per heavy atom. The van der Waals surface area contributed by atoms with Gasteiger partial charge in [-0.3, -0.25) is 0 Å². The summed E-state index contributed by atoms with van der Waals surface area (Å²) in [4.78, 5) is 0. The smallest absolute Gasteiger partial charge is 0.0343 e. The summed E-state index contributed by atoms with van der Waals surface area (Å²) in [5.41, 5.74) is 7.67. The highest BCUT2D eigenvalue weighted by Gasteiger charge is 2.29. The Morgan fingerprint density at radius 3 is 2.33 bits per heavy atom. The van der Waals surface area contributed by atoms with Crippen LogP contribution in [-0.4, -0.2) is 6.04 Å². The van der Waals surface area contributed by atoms with Crippen molar-refractivity contribution in [3.8, 4) is 0 Å². The van der Waals surface area contributed by atoms with Gasteiger partial charge in [0.15, 0.2) is 0 Å². The van der Waals surface area contributed by atoms with E-state index < -0.39 is 0 Å². The maximum absolute atomic E-state index is 5.66. The molecular weight excluding hydrogens is 184 g/mol. The zero-order valence-corrected chi connectivity index (χ0v) is 9.53. The van der Waals surface area contributed by atoms with E-state index in [0.717, 1.165) is 17.5 Å². The molecule has 1 aromatic carbocycles. The molecule has 3 atom stereocenters. The summed E-state index contributed by atoms with van der Waals surface area (Å²) in [6.45, 7) is 4.68. The summed E-state index contributed by atoms with van der Waals surface area (Å²) >= 11 is 0. The van der Waals surface area contributed by atoms with Gasteiger partial charge in [-0.2, -0.15) is 0 Å². The predicted octanol–water partition coefficient (Wildman–Crippen LogP) is 3.12. The summed E-state index contributed by atoms with van der Waals surface area (Å²) in [6.07, 6.45) is 2.63. The Labute approximate surface area is 91.9 Å². The van der Waals surface area contributed by atoms with Crippen LogP contribution in [0.3, 0.4) is 0 Å². The van der Waals surface area contributed by atoms with Crippen molar-refractivity contribution in [2.75, 3.05) is 11.1 Å². The van der Waals surface area contributed by atoms with E-state index in [4.69, 9.17) is 5.73 Å². The van der Waals surface area contributed by atoms with Crippen LogP contribution in [0, 0.1) is 11.8 Å². The third-order valence-electron chi connectivity index (χ3n) is 3.73. The topological polar surface area (TPSA) is 38.0 Å². The first-order chi connectivity index (χ1) is 7.16. The summed E-state index contributed by atoms with van der Waals surface area (Å²) < 4.78 is 0. The molecule has 2 heteroatoms. The second kappa shape index (κ2) is 4.13. The van der Waals surface area contributed by atoms with Crippen molar-refractivity contribution in [1.82, 2.24) is 0 Å². The van der Waals surface area contributed by atoms with Gasteiger partial charge in [-0.1, -0.05) is 13.8 Å². The third kappa shape index (κ3) is 2.25. The summed E-state index contributed by atoms with van der Waals surface area (Å²) in [5, 5.41) is 3.59. The Kier molecular flexibility index (Phi) is 2.85. The molecule has 0 aliphatic heterocycles. The third-order valence-corrected chi connectivity index (χ3v) is 3.73. The molecular formula is C13H20N2. The van der Waals surface area contributed by atoms with Crippen molar-refractivity contribution in [2.45, 2.75) is 32.7 Å². The van der Waals surface area contributed by atoms with Crippen LogP contribution in [-0.2, 0) is 0 Å². The normalized spacial score (nSPS) is 30.4. The van der Waals surface area contributed by atoms with Gasteiger partial charge in [0, 0.05) is 17.4 Å². The lowest BCUT2D eigenvalue weighted by atomic mass is 9.97. The molecule has 2 nitrogen and oxygen atoms in total. The van der Waals surface area contributed by atoms with E-state index in [-0.39, 0.29) is 0 Å². The van der Waals surface area contributed by atoms with Gasteiger partial charge >= 0.3 is 0 Å². The average molecular weight is 204 g/mol. The van der Waals surface area contributed by atoms with Crippen LogP contribution in [0.5, 0.6) is 0 Å². The van der Waals surface area contributed by atoms with Gasteiger partial charge in [-0.05, 0) is 48.9 Å². The van der Waals surface area contributed by atoms with Crippen molar-refractivity contribution in [1.29, 1.82) is 0 Å². The Bertz CT molecular complexity index is 318. The molecule has 0 saturated heterocycles. The Hall–Kier alpha value is -1.18. The lowest BCUT2D eigenvalue weighted by Gasteiger charge is -2.20. The fraction of sp³-hybridized carbons (Fsp3) is 0.538. The van der Waals surface area contributed by atoms with E-state index in [1.807, 2.05) is 12.1 Å². The number of nitrogen functional groups attached to an aromatic ring is 1. The zero-order chi connectivity index (χ0) is 10.8. The predicted molar refractivity (Wildman–Crippen MR) is 65.8 cm³/mol. The number of nitrogens with two attached hydrogens (primary N) is 1. The molecule has 15 heavy (non-hydrogen) atoms. The molecule has 0 spiro atoms. The molecule has 0 heterocycles. The first-order valence-corrected chi connectivity index (χ1v) is 5.79. The maximum Gasteiger partial charge on any atom is 0.0343 e. The average Bonchev–Trinajstić information content (AvgIpc) is 2.53. The van der Waals surface area contributed by atoms with E-state index in [1.54, 1.807) is 0 Å². The van der Waals surface area contributed by atoms with E-state index in [1.165, 1.54) is 18.5 Å². The van der Waals surface area contributed by atoms with Crippen LogP contribution >= 0.6 is 0 Å². The summed E-state index contributed by atoms with van der Waals surface area (Å²) in [5.74, 6) is 1.61. The molecule has 0 radical (unpaired) electrons. The quantitative estimate of drug-likeness (QED) is 0.726. The molecule has 0 aromatic heterocycles. The number of hydrogen-bond donors (Lipinski definition) is 2. The minimum absolute atomic E-state index is 0.628. The second-order valence-corrected chi connectivity index (χ2v) is 4.79. The van der Waals surface area contributed by atoms with Gasteiger partial charge in [0.05, 0.1) is 0 Å². The molecule has 82 valence electrons. The number of benzene rings is 1. The molecule has 3 unspecified atom stereocenters. The molecule has 1 aliphatic carbocycles. The molecule has 0 amide bonds. The van der Waals surface area contributed by atoms with Crippen molar-refractivity contribution in [2.24, 2.45) is 11.8 Å². The largest absolute Gasteiger partial charge is 0.399 e. The Balaban J connectivity index is 2.00. The highest BCUT2D eigenvalue weighted by Crippen LogP contribution is 2.33. The van der Waals surface area contributed by atoms with Crippen molar-refractivity contribution in [3.63, 3.8) is 0 Å². The van der Waals surface area contributed by atoms with Crippen LogP contribution in [0.15, 0.2) is 24.3 Å². The zero-order valence-electron chi connectivity index (χ0n) is 9.53. The number of nitrogens with one attached hydrogen (secondary N) is 1. The molecule has 1 aliphatic rings. The second-order valence-electron chi connectivity index (χ2n) is 4.79. The highest BCUT2D eigenvalue weighted by atomic mass is 14.9. The van der Waals surface area contributed by atoms with Gasteiger partial charge in [-0.15, -0.1) is 0 Å². The lowest BCUT2D eigenvalue weighted by Crippen LogP contribution is -2.23. The minimum atomic E-state index is 0.628. The first-order valence-electron chi connectivity index (χ1n) is 5.79. The van der Waals surface area contributed by atoms with Gasteiger partial charge in [0.2, 0.25) is 0 Å². The number of rotatable bonds is 2. The molecule has 1 saturated carbocycles. The highest BCUT2D eigenvalue weighted by molar-refractivity contribution is 5.51. The maximum atomic E-state index is 5.66.